The lowest BCUT2D eigenvalue weighted by Gasteiger charge is -2.11. The van der Waals surface area contributed by atoms with Crippen LogP contribution in [0.1, 0.15) is 26.6 Å². The average molecular weight is 488 g/mol. The highest BCUT2D eigenvalue weighted by Gasteiger charge is 2.04. The van der Waals surface area contributed by atoms with Gasteiger partial charge < -0.3 is 15.4 Å². The number of thiazole rings is 1. The Morgan fingerprint density at radius 2 is 1.85 bits per heavy atom. The van der Waals surface area contributed by atoms with Crippen molar-refractivity contribution in [2.75, 3.05) is 27.2 Å². The van der Waals surface area contributed by atoms with E-state index < -0.39 is 0 Å². The van der Waals surface area contributed by atoms with Gasteiger partial charge in [-0.2, -0.15) is 0 Å². The largest absolute Gasteiger partial charge is 0.465 e. The lowest BCUT2D eigenvalue weighted by Crippen LogP contribution is -2.39. The molecule has 0 unspecified atom stereocenters. The quantitative estimate of drug-likeness (QED) is 0.272. The molecule has 0 saturated carbocycles. The SMILES string of the molecule is CN=C(NCCc1ccc(C(=O)OC)cc1)NCCc1csc(C)n1.I. The van der Waals surface area contributed by atoms with Crippen molar-refractivity contribution < 1.29 is 9.53 Å². The van der Waals surface area contributed by atoms with Crippen molar-refractivity contribution in [1.82, 2.24) is 15.6 Å². The Hall–Kier alpha value is -1.68. The Kier molecular flexibility index (Phi) is 10.2. The van der Waals surface area contributed by atoms with Crippen LogP contribution in [-0.2, 0) is 17.6 Å². The van der Waals surface area contributed by atoms with Crippen molar-refractivity contribution in [3.05, 3.63) is 51.5 Å². The van der Waals surface area contributed by atoms with E-state index in [1.807, 2.05) is 19.1 Å². The van der Waals surface area contributed by atoms with Crippen molar-refractivity contribution in [2.45, 2.75) is 19.8 Å². The minimum absolute atomic E-state index is 0. The Morgan fingerprint density at radius 1 is 1.19 bits per heavy atom. The minimum atomic E-state index is -0.315. The fourth-order valence-electron chi connectivity index (χ4n) is 2.30. The number of benzene rings is 1. The molecule has 1 aromatic heterocycles. The molecule has 8 heteroatoms. The number of nitrogens with zero attached hydrogens (tertiary/aromatic N) is 2. The van der Waals surface area contributed by atoms with Gasteiger partial charge in [-0.05, 0) is 31.0 Å². The Labute approximate surface area is 175 Å². The van der Waals surface area contributed by atoms with Gasteiger partial charge in [0.25, 0.3) is 0 Å². The molecule has 1 aromatic carbocycles. The molecule has 0 aliphatic heterocycles. The summed E-state index contributed by atoms with van der Waals surface area (Å²) in [6, 6.07) is 7.44. The van der Waals surface area contributed by atoms with E-state index in [0.29, 0.717) is 5.56 Å². The maximum absolute atomic E-state index is 11.4. The highest BCUT2D eigenvalue weighted by molar-refractivity contribution is 14.0. The predicted octanol–water partition coefficient (Wildman–Crippen LogP) is 2.81. The van der Waals surface area contributed by atoms with Crippen LogP contribution in [0.25, 0.3) is 0 Å². The number of guanidine groups is 1. The first-order valence-corrected chi connectivity index (χ1v) is 9.03. The van der Waals surface area contributed by atoms with Gasteiger partial charge in [0.1, 0.15) is 0 Å². The highest BCUT2D eigenvalue weighted by atomic mass is 127. The van der Waals surface area contributed by atoms with Crippen LogP contribution >= 0.6 is 35.3 Å². The number of carbonyl (C=O) groups is 1. The number of carbonyl (C=O) groups excluding carboxylic acids is 1. The summed E-state index contributed by atoms with van der Waals surface area (Å²) in [5.74, 6) is 0.461. The summed E-state index contributed by atoms with van der Waals surface area (Å²) >= 11 is 1.67. The number of halogens is 1. The van der Waals surface area contributed by atoms with Gasteiger partial charge >= 0.3 is 5.97 Å². The van der Waals surface area contributed by atoms with Crippen LogP contribution in [0.15, 0.2) is 34.6 Å². The zero-order valence-corrected chi connectivity index (χ0v) is 18.4. The first kappa shape index (κ1) is 22.4. The van der Waals surface area contributed by atoms with E-state index in [0.717, 1.165) is 48.2 Å². The number of ether oxygens (including phenoxy) is 1. The van der Waals surface area contributed by atoms with Gasteiger partial charge in [0, 0.05) is 31.9 Å². The number of hydrogen-bond acceptors (Lipinski definition) is 5. The van der Waals surface area contributed by atoms with Gasteiger partial charge in [-0.1, -0.05) is 12.1 Å². The lowest BCUT2D eigenvalue weighted by atomic mass is 10.1. The average Bonchev–Trinajstić information content (AvgIpc) is 3.05. The van der Waals surface area contributed by atoms with Crippen molar-refractivity contribution in [3.8, 4) is 0 Å². The second-order valence-electron chi connectivity index (χ2n) is 5.47. The molecular formula is C18H25IN4O2S. The Bertz CT molecular complexity index is 716. The van der Waals surface area contributed by atoms with Crippen LogP contribution in [0.3, 0.4) is 0 Å². The molecule has 2 N–H and O–H groups in total. The van der Waals surface area contributed by atoms with Crippen LogP contribution < -0.4 is 10.6 Å². The minimum Gasteiger partial charge on any atom is -0.465 e. The van der Waals surface area contributed by atoms with E-state index in [4.69, 9.17) is 4.74 Å². The molecule has 0 atom stereocenters. The number of aryl methyl sites for hydroxylation is 1. The second-order valence-corrected chi connectivity index (χ2v) is 6.53. The zero-order valence-electron chi connectivity index (χ0n) is 15.2. The molecule has 1 heterocycles. The number of nitrogens with one attached hydrogen (secondary N) is 2. The van der Waals surface area contributed by atoms with Crippen molar-refractivity contribution in [2.24, 2.45) is 4.99 Å². The fourth-order valence-corrected chi connectivity index (χ4v) is 2.95. The van der Waals surface area contributed by atoms with E-state index >= 15 is 0 Å². The van der Waals surface area contributed by atoms with Crippen LogP contribution in [0, 0.1) is 6.92 Å². The molecule has 0 spiro atoms. The molecule has 6 nitrogen and oxygen atoms in total. The molecule has 26 heavy (non-hydrogen) atoms. The Balaban J connectivity index is 0.00000338. The predicted molar refractivity (Wildman–Crippen MR) is 117 cm³/mol. The van der Waals surface area contributed by atoms with Gasteiger partial charge in [-0.15, -0.1) is 35.3 Å². The summed E-state index contributed by atoms with van der Waals surface area (Å²) in [5.41, 5.74) is 2.82. The summed E-state index contributed by atoms with van der Waals surface area (Å²) in [7, 11) is 3.14. The molecule has 0 radical (unpaired) electrons. The van der Waals surface area contributed by atoms with E-state index in [2.05, 4.69) is 26.0 Å². The first-order valence-electron chi connectivity index (χ1n) is 8.15. The standard InChI is InChI=1S/C18H24N4O2S.HI/c1-13-22-16(12-25-13)9-11-21-18(19-2)20-10-8-14-4-6-15(7-5-14)17(23)24-3;/h4-7,12H,8-11H2,1-3H3,(H2,19,20,21);1H. The van der Waals surface area contributed by atoms with E-state index in [1.54, 1.807) is 30.5 Å². The molecule has 0 aliphatic carbocycles. The maximum Gasteiger partial charge on any atom is 0.337 e. The normalized spacial score (nSPS) is 10.8. The summed E-state index contributed by atoms with van der Waals surface area (Å²) in [6.07, 6.45) is 1.72. The summed E-state index contributed by atoms with van der Waals surface area (Å²) < 4.78 is 4.69. The van der Waals surface area contributed by atoms with Crippen LogP contribution in [0.5, 0.6) is 0 Å². The molecule has 2 rings (SSSR count). The van der Waals surface area contributed by atoms with Crippen LogP contribution in [0.4, 0.5) is 0 Å². The molecule has 0 bridgehead atoms. The zero-order chi connectivity index (χ0) is 18.1. The molecule has 142 valence electrons. The van der Waals surface area contributed by atoms with Crippen molar-refractivity contribution in [1.29, 1.82) is 0 Å². The lowest BCUT2D eigenvalue weighted by molar-refractivity contribution is 0.0600. The monoisotopic (exact) mass is 488 g/mol. The molecule has 0 saturated heterocycles. The molecule has 0 aliphatic rings. The number of aliphatic imine (C=N–C) groups is 1. The summed E-state index contributed by atoms with van der Waals surface area (Å²) in [4.78, 5) is 20.1. The van der Waals surface area contributed by atoms with Gasteiger partial charge in [-0.25, -0.2) is 9.78 Å². The van der Waals surface area contributed by atoms with Gasteiger partial charge in [0.05, 0.1) is 23.4 Å². The second kappa shape index (κ2) is 11.8. The third-order valence-electron chi connectivity index (χ3n) is 3.64. The van der Waals surface area contributed by atoms with Gasteiger partial charge in [0.15, 0.2) is 5.96 Å². The summed E-state index contributed by atoms with van der Waals surface area (Å²) in [5, 5.41) is 9.76. The topological polar surface area (TPSA) is 75.6 Å². The molecular weight excluding hydrogens is 463 g/mol. The fraction of sp³-hybridized carbons (Fsp3) is 0.389. The van der Waals surface area contributed by atoms with Crippen molar-refractivity contribution >= 4 is 47.2 Å². The van der Waals surface area contributed by atoms with Crippen LogP contribution in [0.2, 0.25) is 0 Å². The van der Waals surface area contributed by atoms with E-state index in [-0.39, 0.29) is 29.9 Å². The number of methoxy groups -OCH3 is 1. The van der Waals surface area contributed by atoms with Gasteiger partial charge in [-0.3, -0.25) is 4.99 Å². The van der Waals surface area contributed by atoms with Crippen LogP contribution in [-0.4, -0.2) is 44.2 Å². The first-order chi connectivity index (χ1) is 12.1. The molecule has 2 aromatic rings. The molecule has 0 amide bonds. The van der Waals surface area contributed by atoms with E-state index in [9.17, 15) is 4.79 Å². The third kappa shape index (κ3) is 7.28. The van der Waals surface area contributed by atoms with E-state index in [1.165, 1.54) is 7.11 Å². The smallest absolute Gasteiger partial charge is 0.337 e. The summed E-state index contributed by atoms with van der Waals surface area (Å²) in [6.45, 7) is 3.56. The van der Waals surface area contributed by atoms with Crippen molar-refractivity contribution in [3.63, 3.8) is 0 Å². The number of esters is 1. The third-order valence-corrected chi connectivity index (χ3v) is 4.47. The maximum atomic E-state index is 11.4. The number of aromatic nitrogens is 1. The number of rotatable bonds is 7. The highest BCUT2D eigenvalue weighted by Crippen LogP contribution is 2.08. The number of hydrogen-bond donors (Lipinski definition) is 2. The van der Waals surface area contributed by atoms with Gasteiger partial charge in [0.2, 0.25) is 0 Å². The Morgan fingerprint density at radius 3 is 2.38 bits per heavy atom. The molecule has 0 fully saturated rings.